The SMILES string of the molecule is CCCCN(C)C(=O)c1ccnc(Nc2ccccc2Br)n1. The molecule has 1 N–H and O–H groups in total. The Morgan fingerprint density at radius 2 is 2.09 bits per heavy atom. The number of carbonyl (C=O) groups excluding carboxylic acids is 1. The van der Waals surface area contributed by atoms with Gasteiger partial charge < -0.3 is 10.2 Å². The van der Waals surface area contributed by atoms with Crippen molar-refractivity contribution in [3.8, 4) is 0 Å². The van der Waals surface area contributed by atoms with Gasteiger partial charge in [-0.2, -0.15) is 0 Å². The summed E-state index contributed by atoms with van der Waals surface area (Å²) in [6, 6.07) is 9.32. The van der Waals surface area contributed by atoms with Crippen LogP contribution in [-0.4, -0.2) is 34.4 Å². The fourth-order valence-corrected chi connectivity index (χ4v) is 2.30. The average Bonchev–Trinajstić information content (AvgIpc) is 2.54. The number of halogens is 1. The number of hydrogen-bond acceptors (Lipinski definition) is 4. The van der Waals surface area contributed by atoms with Crippen LogP contribution in [-0.2, 0) is 0 Å². The number of benzene rings is 1. The summed E-state index contributed by atoms with van der Waals surface area (Å²) < 4.78 is 0.912. The van der Waals surface area contributed by atoms with E-state index in [4.69, 9.17) is 0 Å². The van der Waals surface area contributed by atoms with Crippen molar-refractivity contribution in [2.45, 2.75) is 19.8 Å². The van der Waals surface area contributed by atoms with Crippen LogP contribution in [0.1, 0.15) is 30.3 Å². The second-order valence-corrected chi connectivity index (χ2v) is 5.80. The van der Waals surface area contributed by atoms with Gasteiger partial charge in [-0.15, -0.1) is 0 Å². The summed E-state index contributed by atoms with van der Waals surface area (Å²) in [5.74, 6) is 0.313. The third kappa shape index (κ3) is 4.27. The van der Waals surface area contributed by atoms with Gasteiger partial charge in [0.1, 0.15) is 5.69 Å². The monoisotopic (exact) mass is 362 g/mol. The molecule has 0 unspecified atom stereocenters. The Balaban J connectivity index is 2.13. The van der Waals surface area contributed by atoms with E-state index in [-0.39, 0.29) is 5.91 Å². The van der Waals surface area contributed by atoms with Crippen LogP contribution >= 0.6 is 15.9 Å². The first kappa shape index (κ1) is 16.4. The highest BCUT2D eigenvalue weighted by molar-refractivity contribution is 9.10. The molecule has 2 rings (SSSR count). The van der Waals surface area contributed by atoms with Gasteiger partial charge in [0.25, 0.3) is 5.91 Å². The molecular weight excluding hydrogens is 344 g/mol. The van der Waals surface area contributed by atoms with Crippen molar-refractivity contribution in [2.75, 3.05) is 18.9 Å². The number of amides is 1. The summed E-state index contributed by atoms with van der Waals surface area (Å²) in [5.41, 5.74) is 1.24. The smallest absolute Gasteiger partial charge is 0.272 e. The van der Waals surface area contributed by atoms with Crippen molar-refractivity contribution >= 4 is 33.5 Å². The van der Waals surface area contributed by atoms with Crippen LogP contribution in [0, 0.1) is 0 Å². The second kappa shape index (κ2) is 7.89. The zero-order valence-electron chi connectivity index (χ0n) is 12.7. The Bertz CT molecular complexity index is 648. The maximum atomic E-state index is 12.3. The molecule has 6 heteroatoms. The number of nitrogens with zero attached hydrogens (tertiary/aromatic N) is 3. The zero-order chi connectivity index (χ0) is 15.9. The average molecular weight is 363 g/mol. The molecular formula is C16H19BrN4O. The highest BCUT2D eigenvalue weighted by Crippen LogP contribution is 2.23. The highest BCUT2D eigenvalue weighted by atomic mass is 79.9. The summed E-state index contributed by atoms with van der Waals surface area (Å²) in [7, 11) is 1.79. The minimum atomic E-state index is -0.0916. The summed E-state index contributed by atoms with van der Waals surface area (Å²) in [4.78, 5) is 22.5. The van der Waals surface area contributed by atoms with E-state index >= 15 is 0 Å². The van der Waals surface area contributed by atoms with Gasteiger partial charge >= 0.3 is 0 Å². The maximum Gasteiger partial charge on any atom is 0.272 e. The molecule has 0 saturated heterocycles. The van der Waals surface area contributed by atoms with E-state index in [1.807, 2.05) is 24.3 Å². The lowest BCUT2D eigenvalue weighted by Crippen LogP contribution is -2.28. The first-order valence-corrected chi connectivity index (χ1v) is 8.01. The van der Waals surface area contributed by atoms with Crippen LogP contribution in [0.25, 0.3) is 0 Å². The van der Waals surface area contributed by atoms with E-state index in [9.17, 15) is 4.79 Å². The van der Waals surface area contributed by atoms with Crippen molar-refractivity contribution in [3.63, 3.8) is 0 Å². The summed E-state index contributed by atoms with van der Waals surface area (Å²) in [6.07, 6.45) is 3.62. The number of carbonyl (C=O) groups is 1. The van der Waals surface area contributed by atoms with Gasteiger partial charge in [0.15, 0.2) is 0 Å². The van der Waals surface area contributed by atoms with Crippen LogP contribution in [0.4, 0.5) is 11.6 Å². The Morgan fingerprint density at radius 1 is 1.32 bits per heavy atom. The Labute approximate surface area is 138 Å². The van der Waals surface area contributed by atoms with E-state index in [1.165, 1.54) is 0 Å². The van der Waals surface area contributed by atoms with Crippen LogP contribution < -0.4 is 5.32 Å². The van der Waals surface area contributed by atoms with Gasteiger partial charge in [-0.1, -0.05) is 25.5 Å². The van der Waals surface area contributed by atoms with E-state index in [0.29, 0.717) is 11.6 Å². The number of aromatic nitrogens is 2. The molecule has 0 aliphatic carbocycles. The molecule has 0 spiro atoms. The summed E-state index contributed by atoms with van der Waals surface area (Å²) in [6.45, 7) is 2.83. The largest absolute Gasteiger partial charge is 0.340 e. The number of nitrogens with one attached hydrogen (secondary N) is 1. The quantitative estimate of drug-likeness (QED) is 0.847. The third-order valence-corrected chi connectivity index (χ3v) is 3.88. The predicted octanol–water partition coefficient (Wildman–Crippen LogP) is 3.85. The van der Waals surface area contributed by atoms with Gasteiger partial charge in [0.2, 0.25) is 5.95 Å². The van der Waals surface area contributed by atoms with Crippen molar-refractivity contribution in [2.24, 2.45) is 0 Å². The molecule has 0 saturated carbocycles. The Morgan fingerprint density at radius 3 is 2.82 bits per heavy atom. The summed E-state index contributed by atoms with van der Waals surface area (Å²) >= 11 is 3.46. The molecule has 2 aromatic rings. The van der Waals surface area contributed by atoms with Gasteiger partial charge in [-0.25, -0.2) is 9.97 Å². The van der Waals surface area contributed by atoms with Crippen molar-refractivity contribution in [3.05, 3.63) is 46.7 Å². The maximum absolute atomic E-state index is 12.3. The number of para-hydroxylation sites is 1. The number of rotatable bonds is 6. The summed E-state index contributed by atoms with van der Waals surface area (Å²) in [5, 5.41) is 3.11. The fourth-order valence-electron chi connectivity index (χ4n) is 1.91. The van der Waals surface area contributed by atoms with Crippen LogP contribution in [0.2, 0.25) is 0 Å². The van der Waals surface area contributed by atoms with E-state index < -0.39 is 0 Å². The minimum absolute atomic E-state index is 0.0916. The Kier molecular flexibility index (Phi) is 5.89. The molecule has 22 heavy (non-hydrogen) atoms. The van der Waals surface area contributed by atoms with Gasteiger partial charge in [0, 0.05) is 24.3 Å². The molecule has 0 aliphatic heterocycles. The van der Waals surface area contributed by atoms with Gasteiger partial charge in [-0.3, -0.25) is 4.79 Å². The lowest BCUT2D eigenvalue weighted by Gasteiger charge is -2.16. The normalized spacial score (nSPS) is 10.3. The highest BCUT2D eigenvalue weighted by Gasteiger charge is 2.13. The first-order valence-electron chi connectivity index (χ1n) is 7.22. The molecule has 1 aromatic carbocycles. The molecule has 0 radical (unpaired) electrons. The van der Waals surface area contributed by atoms with E-state index in [0.717, 1.165) is 29.5 Å². The minimum Gasteiger partial charge on any atom is -0.340 e. The predicted molar refractivity (Wildman–Crippen MR) is 91.3 cm³/mol. The standard InChI is InChI=1S/C16H19BrN4O/c1-3-4-11-21(2)15(22)14-9-10-18-16(20-14)19-13-8-6-5-7-12(13)17/h5-10H,3-4,11H2,1-2H3,(H,18,19,20). The van der Waals surface area contributed by atoms with Crippen molar-refractivity contribution in [1.29, 1.82) is 0 Å². The van der Waals surface area contributed by atoms with Crippen LogP contribution in [0.15, 0.2) is 41.0 Å². The molecule has 1 heterocycles. The zero-order valence-corrected chi connectivity index (χ0v) is 14.3. The van der Waals surface area contributed by atoms with Gasteiger partial charge in [-0.05, 0) is 40.5 Å². The number of hydrogen-bond donors (Lipinski definition) is 1. The molecule has 0 aliphatic rings. The topological polar surface area (TPSA) is 58.1 Å². The lowest BCUT2D eigenvalue weighted by molar-refractivity contribution is 0.0787. The van der Waals surface area contributed by atoms with E-state index in [2.05, 4.69) is 38.1 Å². The first-order chi connectivity index (χ1) is 10.6. The van der Waals surface area contributed by atoms with Crippen LogP contribution in [0.3, 0.4) is 0 Å². The molecule has 1 amide bonds. The molecule has 0 atom stereocenters. The third-order valence-electron chi connectivity index (χ3n) is 3.19. The van der Waals surface area contributed by atoms with E-state index in [1.54, 1.807) is 24.2 Å². The Hall–Kier alpha value is -1.95. The molecule has 116 valence electrons. The molecule has 1 aromatic heterocycles. The lowest BCUT2D eigenvalue weighted by atomic mass is 10.3. The van der Waals surface area contributed by atoms with Crippen molar-refractivity contribution in [1.82, 2.24) is 14.9 Å². The van der Waals surface area contributed by atoms with Crippen LogP contribution in [0.5, 0.6) is 0 Å². The molecule has 0 bridgehead atoms. The molecule has 5 nitrogen and oxygen atoms in total. The molecule has 0 fully saturated rings. The van der Waals surface area contributed by atoms with Crippen molar-refractivity contribution < 1.29 is 4.79 Å². The second-order valence-electron chi connectivity index (χ2n) is 4.95. The van der Waals surface area contributed by atoms with Gasteiger partial charge in [0.05, 0.1) is 5.69 Å². The number of anilines is 2. The number of unbranched alkanes of at least 4 members (excludes halogenated alkanes) is 1. The fraction of sp³-hybridized carbons (Fsp3) is 0.312.